The standard InChI is InChI=1S/C15H11ClF2N2O3/c1-23-13-5-3-9(7-10(13)16)19-14(21)15(22)20-12-6-8(17)2-4-11(12)18/h2-7H,1H3,(H,19,21)(H,20,22). The molecule has 0 spiro atoms. The van der Waals surface area contributed by atoms with Crippen molar-refractivity contribution in [3.63, 3.8) is 0 Å². The van der Waals surface area contributed by atoms with Crippen molar-refractivity contribution in [3.05, 3.63) is 53.1 Å². The number of anilines is 2. The third-order valence-electron chi connectivity index (χ3n) is 2.79. The molecule has 0 aliphatic heterocycles. The summed E-state index contributed by atoms with van der Waals surface area (Å²) in [7, 11) is 1.43. The largest absolute Gasteiger partial charge is 0.495 e. The lowest BCUT2D eigenvalue weighted by molar-refractivity contribution is -0.133. The van der Waals surface area contributed by atoms with Gasteiger partial charge in [0, 0.05) is 11.8 Å². The summed E-state index contributed by atoms with van der Waals surface area (Å²) in [5.74, 6) is -3.42. The second-order valence-electron chi connectivity index (χ2n) is 4.38. The van der Waals surface area contributed by atoms with Gasteiger partial charge in [-0.3, -0.25) is 9.59 Å². The van der Waals surface area contributed by atoms with Crippen LogP contribution < -0.4 is 15.4 Å². The first-order chi connectivity index (χ1) is 10.9. The molecule has 0 aliphatic carbocycles. The van der Waals surface area contributed by atoms with E-state index in [9.17, 15) is 18.4 Å². The van der Waals surface area contributed by atoms with Gasteiger partial charge in [0.15, 0.2) is 0 Å². The van der Waals surface area contributed by atoms with E-state index in [1.807, 2.05) is 5.32 Å². The molecule has 0 atom stereocenters. The Morgan fingerprint density at radius 1 is 1.04 bits per heavy atom. The highest BCUT2D eigenvalue weighted by Crippen LogP contribution is 2.27. The first-order valence-electron chi connectivity index (χ1n) is 6.31. The molecule has 0 saturated heterocycles. The van der Waals surface area contributed by atoms with E-state index in [-0.39, 0.29) is 10.7 Å². The van der Waals surface area contributed by atoms with Crippen LogP contribution in [-0.4, -0.2) is 18.9 Å². The number of carbonyl (C=O) groups is 2. The molecule has 0 fully saturated rings. The molecular formula is C15H11ClF2N2O3. The molecule has 0 bridgehead atoms. The van der Waals surface area contributed by atoms with E-state index in [0.29, 0.717) is 5.75 Å². The number of carbonyl (C=O) groups excluding carboxylic acids is 2. The highest BCUT2D eigenvalue weighted by Gasteiger charge is 2.17. The second-order valence-corrected chi connectivity index (χ2v) is 4.79. The van der Waals surface area contributed by atoms with Crippen LogP contribution in [0.15, 0.2) is 36.4 Å². The third kappa shape index (κ3) is 4.17. The second kappa shape index (κ2) is 7.06. The van der Waals surface area contributed by atoms with Crippen molar-refractivity contribution >= 4 is 34.8 Å². The van der Waals surface area contributed by atoms with Crippen LogP contribution in [0.2, 0.25) is 5.02 Å². The van der Waals surface area contributed by atoms with Gasteiger partial charge in [0.05, 0.1) is 17.8 Å². The fourth-order valence-electron chi connectivity index (χ4n) is 1.70. The van der Waals surface area contributed by atoms with Crippen LogP contribution >= 0.6 is 11.6 Å². The van der Waals surface area contributed by atoms with Gasteiger partial charge in [0.1, 0.15) is 17.4 Å². The molecule has 2 aromatic rings. The number of nitrogens with one attached hydrogen (secondary N) is 2. The van der Waals surface area contributed by atoms with Crippen LogP contribution in [0.1, 0.15) is 0 Å². The highest BCUT2D eigenvalue weighted by molar-refractivity contribution is 6.43. The van der Waals surface area contributed by atoms with Gasteiger partial charge >= 0.3 is 11.8 Å². The lowest BCUT2D eigenvalue weighted by Gasteiger charge is -2.09. The third-order valence-corrected chi connectivity index (χ3v) is 3.09. The van der Waals surface area contributed by atoms with E-state index < -0.39 is 29.1 Å². The smallest absolute Gasteiger partial charge is 0.314 e. The molecule has 0 aliphatic rings. The Labute approximate surface area is 135 Å². The van der Waals surface area contributed by atoms with Gasteiger partial charge in [0.25, 0.3) is 0 Å². The summed E-state index contributed by atoms with van der Waals surface area (Å²) in [5, 5.41) is 4.50. The Morgan fingerprint density at radius 2 is 1.74 bits per heavy atom. The topological polar surface area (TPSA) is 67.4 Å². The van der Waals surface area contributed by atoms with Crippen molar-refractivity contribution in [3.8, 4) is 5.75 Å². The molecule has 8 heteroatoms. The fraction of sp³-hybridized carbons (Fsp3) is 0.0667. The molecule has 2 aromatic carbocycles. The SMILES string of the molecule is COc1ccc(NC(=O)C(=O)Nc2cc(F)ccc2F)cc1Cl. The van der Waals surface area contributed by atoms with Gasteiger partial charge in [-0.1, -0.05) is 11.6 Å². The Hall–Kier alpha value is -2.67. The summed E-state index contributed by atoms with van der Waals surface area (Å²) in [6, 6.07) is 6.86. The predicted molar refractivity (Wildman–Crippen MR) is 81.6 cm³/mol. The van der Waals surface area contributed by atoms with Gasteiger partial charge in [-0.2, -0.15) is 0 Å². The summed E-state index contributed by atoms with van der Waals surface area (Å²) in [5.41, 5.74) is -0.187. The zero-order valence-electron chi connectivity index (χ0n) is 11.8. The maximum Gasteiger partial charge on any atom is 0.314 e. The minimum absolute atomic E-state index is 0.238. The van der Waals surface area contributed by atoms with E-state index >= 15 is 0 Å². The van der Waals surface area contributed by atoms with Crippen molar-refractivity contribution in [1.29, 1.82) is 0 Å². The molecule has 2 rings (SSSR count). The Kier molecular flexibility index (Phi) is 5.13. The summed E-state index contributed by atoms with van der Waals surface area (Å²) in [4.78, 5) is 23.5. The van der Waals surface area contributed by atoms with Gasteiger partial charge in [-0.25, -0.2) is 8.78 Å². The quantitative estimate of drug-likeness (QED) is 0.843. The molecule has 0 unspecified atom stereocenters. The van der Waals surface area contributed by atoms with Crippen LogP contribution in [-0.2, 0) is 9.59 Å². The summed E-state index contributed by atoms with van der Waals surface area (Å²) in [6.07, 6.45) is 0. The number of ether oxygens (including phenoxy) is 1. The monoisotopic (exact) mass is 340 g/mol. The lowest BCUT2D eigenvalue weighted by atomic mass is 10.2. The Balaban J connectivity index is 2.07. The van der Waals surface area contributed by atoms with Crippen molar-refractivity contribution in [1.82, 2.24) is 0 Å². The molecule has 0 heterocycles. The molecule has 2 amide bonds. The first-order valence-corrected chi connectivity index (χ1v) is 6.69. The summed E-state index contributed by atoms with van der Waals surface area (Å²) < 4.78 is 31.4. The maximum atomic E-state index is 13.4. The van der Waals surface area contributed by atoms with Gasteiger partial charge < -0.3 is 15.4 Å². The average Bonchev–Trinajstić information content (AvgIpc) is 2.51. The average molecular weight is 341 g/mol. The van der Waals surface area contributed by atoms with Crippen molar-refractivity contribution < 1.29 is 23.1 Å². The van der Waals surface area contributed by atoms with Crippen LogP contribution in [0.25, 0.3) is 0 Å². The van der Waals surface area contributed by atoms with E-state index in [2.05, 4.69) is 5.32 Å². The highest BCUT2D eigenvalue weighted by atomic mass is 35.5. The van der Waals surface area contributed by atoms with Gasteiger partial charge in [0.2, 0.25) is 0 Å². The normalized spacial score (nSPS) is 10.1. The fourth-order valence-corrected chi connectivity index (χ4v) is 1.96. The van der Waals surface area contributed by atoms with E-state index in [4.69, 9.17) is 16.3 Å². The van der Waals surface area contributed by atoms with Gasteiger partial charge in [-0.05, 0) is 30.3 Å². The van der Waals surface area contributed by atoms with Crippen LogP contribution in [0.3, 0.4) is 0 Å². The molecule has 2 N–H and O–H groups in total. The van der Waals surface area contributed by atoms with E-state index in [1.54, 1.807) is 0 Å². The number of methoxy groups -OCH3 is 1. The number of halogens is 3. The summed E-state index contributed by atoms with van der Waals surface area (Å²) in [6.45, 7) is 0. The van der Waals surface area contributed by atoms with Crippen molar-refractivity contribution in [2.75, 3.05) is 17.7 Å². The molecular weight excluding hydrogens is 330 g/mol. The maximum absolute atomic E-state index is 13.4. The molecule has 0 aromatic heterocycles. The summed E-state index contributed by atoms with van der Waals surface area (Å²) >= 11 is 5.89. The molecule has 0 saturated carbocycles. The van der Waals surface area contributed by atoms with Crippen LogP contribution in [0.4, 0.5) is 20.2 Å². The molecule has 120 valence electrons. The Bertz CT molecular complexity index is 768. The van der Waals surface area contributed by atoms with E-state index in [1.165, 1.54) is 25.3 Å². The minimum Gasteiger partial charge on any atom is -0.495 e. The molecule has 0 radical (unpaired) electrons. The van der Waals surface area contributed by atoms with Crippen molar-refractivity contribution in [2.45, 2.75) is 0 Å². The number of hydrogen-bond acceptors (Lipinski definition) is 3. The number of amides is 2. The lowest BCUT2D eigenvalue weighted by Crippen LogP contribution is -2.29. The van der Waals surface area contributed by atoms with Gasteiger partial charge in [-0.15, -0.1) is 0 Å². The van der Waals surface area contributed by atoms with E-state index in [0.717, 1.165) is 18.2 Å². The molecule has 23 heavy (non-hydrogen) atoms. The van der Waals surface area contributed by atoms with Crippen molar-refractivity contribution in [2.24, 2.45) is 0 Å². The van der Waals surface area contributed by atoms with Crippen LogP contribution in [0.5, 0.6) is 5.75 Å². The zero-order chi connectivity index (χ0) is 17.0. The molecule has 5 nitrogen and oxygen atoms in total. The predicted octanol–water partition coefficient (Wildman–Crippen LogP) is 3.20. The first kappa shape index (κ1) is 16.7. The number of benzene rings is 2. The Morgan fingerprint density at radius 3 is 2.39 bits per heavy atom. The van der Waals surface area contributed by atoms with Crippen LogP contribution in [0, 0.1) is 11.6 Å². The zero-order valence-corrected chi connectivity index (χ0v) is 12.6. The number of rotatable bonds is 3. The number of hydrogen-bond donors (Lipinski definition) is 2. The minimum atomic E-state index is -1.15.